The lowest BCUT2D eigenvalue weighted by Crippen LogP contribution is -2.03. The first-order valence-corrected chi connectivity index (χ1v) is 13.2. The summed E-state index contributed by atoms with van der Waals surface area (Å²) in [7, 11) is 0. The van der Waals surface area contributed by atoms with Crippen molar-refractivity contribution in [1.29, 1.82) is 0 Å². The Morgan fingerprint density at radius 1 is 0.568 bits per heavy atom. The zero-order valence-electron chi connectivity index (χ0n) is 20.1. The molecule has 0 aliphatic carbocycles. The maximum Gasteiger partial charge on any atom is 0.235 e. The Balaban J connectivity index is 1.52. The topological polar surface area (TPSA) is 30.7 Å². The van der Waals surface area contributed by atoms with Crippen molar-refractivity contribution in [2.45, 2.75) is 6.92 Å². The van der Waals surface area contributed by atoms with Gasteiger partial charge in [-0.25, -0.2) is 9.97 Å². The van der Waals surface area contributed by atoms with Crippen LogP contribution in [-0.2, 0) is 0 Å². The summed E-state index contributed by atoms with van der Waals surface area (Å²) in [5, 5.41) is 6.11. The molecule has 0 aliphatic heterocycles. The number of aryl methyl sites for hydroxylation is 1. The van der Waals surface area contributed by atoms with E-state index in [4.69, 9.17) is 9.97 Å². The Hall–Kier alpha value is -4.54. The fourth-order valence-corrected chi connectivity index (χ4v) is 6.67. The second kappa shape index (κ2) is 7.73. The van der Waals surface area contributed by atoms with E-state index in [0.717, 1.165) is 33.2 Å². The summed E-state index contributed by atoms with van der Waals surface area (Å²) >= 11 is 1.84. The number of fused-ring (bicyclic) bond motifs is 7. The monoisotopic (exact) mass is 491 g/mol. The van der Waals surface area contributed by atoms with Gasteiger partial charge in [0, 0.05) is 41.9 Å². The van der Waals surface area contributed by atoms with Crippen LogP contribution in [-0.4, -0.2) is 14.5 Å². The van der Waals surface area contributed by atoms with Gasteiger partial charge in [-0.2, -0.15) is 0 Å². The first-order valence-electron chi connectivity index (χ1n) is 12.4. The molecule has 3 aromatic heterocycles. The van der Waals surface area contributed by atoms with Gasteiger partial charge >= 0.3 is 0 Å². The summed E-state index contributed by atoms with van der Waals surface area (Å²) in [4.78, 5) is 10.4. The van der Waals surface area contributed by atoms with Crippen LogP contribution < -0.4 is 0 Å². The molecule has 4 heteroatoms. The van der Waals surface area contributed by atoms with Crippen LogP contribution in [0.5, 0.6) is 0 Å². The van der Waals surface area contributed by atoms with Crippen molar-refractivity contribution in [1.82, 2.24) is 14.5 Å². The van der Waals surface area contributed by atoms with Crippen molar-refractivity contribution in [2.24, 2.45) is 0 Å². The van der Waals surface area contributed by atoms with Gasteiger partial charge in [-0.1, -0.05) is 78.9 Å². The van der Waals surface area contributed by atoms with Gasteiger partial charge < -0.3 is 0 Å². The minimum absolute atomic E-state index is 0.698. The molecule has 0 unspecified atom stereocenters. The van der Waals surface area contributed by atoms with E-state index < -0.39 is 0 Å². The molecule has 0 fully saturated rings. The lowest BCUT2D eigenvalue weighted by Gasteiger charge is -2.12. The molecule has 0 saturated carbocycles. The van der Waals surface area contributed by atoms with E-state index in [1.807, 2.05) is 17.4 Å². The molecule has 0 amide bonds. The van der Waals surface area contributed by atoms with Crippen molar-refractivity contribution < 1.29 is 0 Å². The number of rotatable bonds is 2. The highest BCUT2D eigenvalue weighted by Gasteiger charge is 2.19. The average molecular weight is 492 g/mol. The van der Waals surface area contributed by atoms with Crippen molar-refractivity contribution in [2.75, 3.05) is 0 Å². The SMILES string of the molecule is Cc1ccc2c(-c3ccccc3)nc(-n3c4ccccc4c4cc5c(cc43)sc3ccccc35)nc2c1. The molecule has 5 aromatic carbocycles. The standard InChI is InChI=1S/C33H21N3S/c1-20-15-16-24-27(17-20)34-33(35-32(24)21-9-3-2-4-10-21)36-28-13-7-5-11-22(28)25-18-26-23-12-6-8-14-30(23)37-31(26)19-29(25)36/h2-19H,1H3. The predicted molar refractivity (Wildman–Crippen MR) is 157 cm³/mol. The van der Waals surface area contributed by atoms with E-state index in [-0.39, 0.29) is 0 Å². The highest BCUT2D eigenvalue weighted by molar-refractivity contribution is 7.25. The second-order valence-corrected chi connectivity index (χ2v) is 10.7. The second-order valence-electron chi connectivity index (χ2n) is 9.58. The quantitative estimate of drug-likeness (QED) is 0.241. The van der Waals surface area contributed by atoms with Crippen LogP contribution in [0, 0.1) is 6.92 Å². The normalized spacial score (nSPS) is 11.9. The Morgan fingerprint density at radius 2 is 1.35 bits per heavy atom. The van der Waals surface area contributed by atoms with Crippen LogP contribution in [0.4, 0.5) is 0 Å². The van der Waals surface area contributed by atoms with Crippen LogP contribution in [0.3, 0.4) is 0 Å². The number of nitrogens with zero attached hydrogens (tertiary/aromatic N) is 3. The molecule has 174 valence electrons. The Bertz CT molecular complexity index is 2150. The fourth-order valence-electron chi connectivity index (χ4n) is 5.55. The van der Waals surface area contributed by atoms with Crippen LogP contribution in [0.1, 0.15) is 5.56 Å². The molecule has 8 aromatic rings. The van der Waals surface area contributed by atoms with Gasteiger partial charge in [0.1, 0.15) is 0 Å². The Morgan fingerprint density at radius 3 is 2.24 bits per heavy atom. The number of para-hydroxylation sites is 1. The van der Waals surface area contributed by atoms with Gasteiger partial charge in [0.2, 0.25) is 5.95 Å². The third-order valence-corrected chi connectivity index (χ3v) is 8.39. The van der Waals surface area contributed by atoms with E-state index in [1.165, 1.54) is 36.5 Å². The molecule has 0 atom stereocenters. The van der Waals surface area contributed by atoms with E-state index in [9.17, 15) is 0 Å². The van der Waals surface area contributed by atoms with E-state index >= 15 is 0 Å². The van der Waals surface area contributed by atoms with Crippen molar-refractivity contribution in [3.05, 3.63) is 115 Å². The third-order valence-electron chi connectivity index (χ3n) is 7.26. The summed E-state index contributed by atoms with van der Waals surface area (Å²) in [5.74, 6) is 0.698. The number of hydrogen-bond acceptors (Lipinski definition) is 3. The largest absolute Gasteiger partial charge is 0.278 e. The lowest BCUT2D eigenvalue weighted by atomic mass is 10.1. The van der Waals surface area contributed by atoms with Crippen LogP contribution in [0.2, 0.25) is 0 Å². The molecule has 0 spiro atoms. The summed E-state index contributed by atoms with van der Waals surface area (Å²) in [5.41, 5.74) is 6.43. The van der Waals surface area contributed by atoms with Gasteiger partial charge in [-0.05, 0) is 42.8 Å². The molecule has 0 radical (unpaired) electrons. The minimum Gasteiger partial charge on any atom is -0.278 e. The van der Waals surface area contributed by atoms with E-state index in [0.29, 0.717) is 5.95 Å². The van der Waals surface area contributed by atoms with Crippen molar-refractivity contribution in [3.8, 4) is 17.2 Å². The van der Waals surface area contributed by atoms with Gasteiger partial charge in [0.05, 0.1) is 22.2 Å². The summed E-state index contributed by atoms with van der Waals surface area (Å²) in [6.07, 6.45) is 0. The summed E-state index contributed by atoms with van der Waals surface area (Å²) in [6.45, 7) is 2.11. The predicted octanol–water partition coefficient (Wildman–Crippen LogP) is 9.07. The summed E-state index contributed by atoms with van der Waals surface area (Å²) < 4.78 is 4.82. The highest BCUT2D eigenvalue weighted by atomic mass is 32.1. The maximum atomic E-state index is 5.22. The van der Waals surface area contributed by atoms with Crippen LogP contribution in [0.15, 0.2) is 109 Å². The van der Waals surface area contributed by atoms with Crippen molar-refractivity contribution >= 4 is 64.2 Å². The Labute approximate surface area is 217 Å². The van der Waals surface area contributed by atoms with E-state index in [2.05, 4.69) is 115 Å². The molecule has 0 saturated heterocycles. The minimum atomic E-state index is 0.698. The average Bonchev–Trinajstić information content (AvgIpc) is 3.46. The van der Waals surface area contributed by atoms with Crippen LogP contribution >= 0.6 is 11.3 Å². The molecule has 0 aliphatic rings. The molecule has 0 bridgehead atoms. The molecular weight excluding hydrogens is 470 g/mol. The summed E-state index contributed by atoms with van der Waals surface area (Å²) in [6, 6.07) is 38.8. The number of thiophene rings is 1. The Kier molecular flexibility index (Phi) is 4.31. The van der Waals surface area contributed by atoms with Gasteiger partial charge in [0.15, 0.2) is 0 Å². The first kappa shape index (κ1) is 20.6. The van der Waals surface area contributed by atoms with E-state index in [1.54, 1.807) is 0 Å². The molecule has 0 N–H and O–H groups in total. The smallest absolute Gasteiger partial charge is 0.235 e. The number of aromatic nitrogens is 3. The third kappa shape index (κ3) is 3.06. The molecular formula is C33H21N3S. The van der Waals surface area contributed by atoms with Crippen molar-refractivity contribution in [3.63, 3.8) is 0 Å². The number of benzene rings is 5. The van der Waals surface area contributed by atoms with Gasteiger partial charge in [-0.3, -0.25) is 4.57 Å². The van der Waals surface area contributed by atoms with Gasteiger partial charge in [0.25, 0.3) is 0 Å². The first-order chi connectivity index (χ1) is 18.2. The molecule has 3 heterocycles. The number of hydrogen-bond donors (Lipinski definition) is 0. The maximum absolute atomic E-state index is 5.22. The fraction of sp³-hybridized carbons (Fsp3) is 0.0303. The van der Waals surface area contributed by atoms with Gasteiger partial charge in [-0.15, -0.1) is 11.3 Å². The van der Waals surface area contributed by atoms with Crippen LogP contribution in [0.25, 0.3) is 70.1 Å². The zero-order chi connectivity index (χ0) is 24.5. The molecule has 37 heavy (non-hydrogen) atoms. The highest BCUT2D eigenvalue weighted by Crippen LogP contribution is 2.40. The molecule has 3 nitrogen and oxygen atoms in total. The molecule has 8 rings (SSSR count). The lowest BCUT2D eigenvalue weighted by molar-refractivity contribution is 1.01. The zero-order valence-corrected chi connectivity index (χ0v) is 21.0.